The number of hydrogen-bond donors (Lipinski definition) is 3. The van der Waals surface area contributed by atoms with Gasteiger partial charge < -0.3 is 29.9 Å². The second-order valence-electron chi connectivity index (χ2n) is 14.5. The van der Waals surface area contributed by atoms with Crippen LogP contribution >= 0.6 is 33.9 Å². The van der Waals surface area contributed by atoms with E-state index >= 15 is 0 Å². The Kier molecular flexibility index (Phi) is 11.9. The summed E-state index contributed by atoms with van der Waals surface area (Å²) in [7, 11) is 0. The van der Waals surface area contributed by atoms with Crippen molar-refractivity contribution in [2.75, 3.05) is 15.5 Å². The number of esters is 1. The molecule has 4 aromatic rings. The van der Waals surface area contributed by atoms with E-state index in [0.717, 1.165) is 21.6 Å². The number of thiazole rings is 1. The lowest BCUT2D eigenvalue weighted by atomic mass is 9.77. The molecule has 3 heterocycles. The van der Waals surface area contributed by atoms with E-state index in [0.29, 0.717) is 10.7 Å². The van der Waals surface area contributed by atoms with Crippen LogP contribution in [0.2, 0.25) is 0 Å². The van der Waals surface area contributed by atoms with Crippen LogP contribution in [-0.2, 0) is 45.5 Å². The molecule has 0 spiro atoms. The maximum Gasteiger partial charge on any atom is 0.353 e. The van der Waals surface area contributed by atoms with Crippen molar-refractivity contribution in [3.05, 3.63) is 130 Å². The fraction of sp³-hybridized carbons (Fsp3) is 0.300. The van der Waals surface area contributed by atoms with Crippen molar-refractivity contribution in [1.82, 2.24) is 15.2 Å². The molecule has 0 bridgehead atoms. The Morgan fingerprint density at radius 1 is 0.964 bits per heavy atom. The number of β-lactam (4-membered cyclic amide) rings is 1. The van der Waals surface area contributed by atoms with Crippen LogP contribution < -0.4 is 10.6 Å². The molecule has 2 aliphatic heterocycles. The molecule has 13 nitrogen and oxygen atoms in total. The van der Waals surface area contributed by atoms with Gasteiger partial charge in [-0.1, -0.05) is 119 Å². The van der Waals surface area contributed by atoms with Gasteiger partial charge in [0.05, 0.1) is 0 Å². The second kappa shape index (κ2) is 16.4. The highest BCUT2D eigenvalue weighted by molar-refractivity contribution is 14.1. The van der Waals surface area contributed by atoms with Crippen LogP contribution in [-0.4, -0.2) is 81.8 Å². The van der Waals surface area contributed by atoms with Gasteiger partial charge in [-0.25, -0.2) is 14.6 Å². The van der Waals surface area contributed by atoms with E-state index in [2.05, 4.69) is 15.8 Å². The maximum absolute atomic E-state index is 14.2. The standard InChI is InChI=1S/C40H40IN5O8S2/c1-38(2,3)53-36(51)39(4,5)54-45-29(32(47)43-30-33(48)46-31(35(49)50)24(21-41)23-56(52)34(30)46)28-22-55-37(42-28)44-40(25-15-9-6-10-16-25,26-17-11-7-12-18-26)27-19-13-8-14-20-27/h6-20,22,30,34H,21,23H2,1-5H3,(H,42,44)(H,43,47)(H,49,50)/b45-29-/t30?,34-,56?/m1/s1. The van der Waals surface area contributed by atoms with Gasteiger partial charge in [-0.05, 0) is 62.5 Å². The number of nitrogens with zero attached hydrogens (tertiary/aromatic N) is 3. The molecule has 3 N–H and O–H groups in total. The normalized spacial score (nSPS) is 18.8. The number of oxime groups is 1. The third-order valence-corrected chi connectivity index (χ3v) is 12.3. The first-order valence-electron chi connectivity index (χ1n) is 17.5. The number of alkyl halides is 1. The van der Waals surface area contributed by atoms with Crippen molar-refractivity contribution >= 4 is 79.7 Å². The molecule has 2 unspecified atom stereocenters. The average molecular weight is 910 g/mol. The summed E-state index contributed by atoms with van der Waals surface area (Å²) >= 11 is 1.45. The van der Waals surface area contributed by atoms with Gasteiger partial charge in [-0.3, -0.25) is 14.5 Å². The quantitative estimate of drug-likeness (QED) is 0.0224. The van der Waals surface area contributed by atoms with Crippen LogP contribution in [0.4, 0.5) is 5.13 Å². The first kappa shape index (κ1) is 40.9. The van der Waals surface area contributed by atoms with Crippen LogP contribution in [0.25, 0.3) is 0 Å². The van der Waals surface area contributed by atoms with E-state index in [1.54, 1.807) is 26.2 Å². The smallest absolute Gasteiger partial charge is 0.353 e. The number of ether oxygens (including phenoxy) is 1. The Balaban J connectivity index is 1.39. The van der Waals surface area contributed by atoms with Gasteiger partial charge in [0.1, 0.15) is 28.3 Å². The van der Waals surface area contributed by atoms with Gasteiger partial charge in [0.25, 0.3) is 11.8 Å². The molecule has 56 heavy (non-hydrogen) atoms. The number of halogens is 1. The number of carbonyl (C=O) groups excluding carboxylic acids is 3. The number of amides is 2. The number of aliphatic carboxylic acids is 1. The zero-order valence-electron chi connectivity index (χ0n) is 31.1. The molecule has 292 valence electrons. The Labute approximate surface area is 344 Å². The fourth-order valence-electron chi connectivity index (χ4n) is 6.35. The lowest BCUT2D eigenvalue weighted by Crippen LogP contribution is -2.75. The lowest BCUT2D eigenvalue weighted by Gasteiger charge is -2.48. The van der Waals surface area contributed by atoms with E-state index in [1.165, 1.54) is 25.2 Å². The zero-order chi connectivity index (χ0) is 40.4. The molecule has 1 fully saturated rings. The molecule has 3 atom stereocenters. The minimum atomic E-state index is -1.71. The number of carbonyl (C=O) groups is 4. The molecule has 2 amide bonds. The molecule has 2 aliphatic rings. The molecule has 1 aromatic heterocycles. The number of aromatic nitrogens is 1. The minimum Gasteiger partial charge on any atom is -0.614 e. The highest BCUT2D eigenvalue weighted by Gasteiger charge is 2.61. The molecule has 0 radical (unpaired) electrons. The number of rotatable bonds is 13. The topological polar surface area (TPSA) is 183 Å². The van der Waals surface area contributed by atoms with Gasteiger partial charge in [0.2, 0.25) is 11.0 Å². The van der Waals surface area contributed by atoms with E-state index in [1.807, 2.05) is 114 Å². The van der Waals surface area contributed by atoms with Crippen molar-refractivity contribution in [3.8, 4) is 0 Å². The predicted molar refractivity (Wildman–Crippen MR) is 222 cm³/mol. The van der Waals surface area contributed by atoms with E-state index in [-0.39, 0.29) is 27.3 Å². The summed E-state index contributed by atoms with van der Waals surface area (Å²) in [5.74, 6) is -3.78. The first-order chi connectivity index (χ1) is 26.6. The van der Waals surface area contributed by atoms with E-state index in [9.17, 15) is 28.8 Å². The van der Waals surface area contributed by atoms with Crippen molar-refractivity contribution in [2.45, 2.75) is 62.8 Å². The van der Waals surface area contributed by atoms with Gasteiger partial charge in [-0.15, -0.1) is 11.3 Å². The highest BCUT2D eigenvalue weighted by atomic mass is 127. The number of carboxylic acids is 1. The second-order valence-corrected chi connectivity index (χ2v) is 17.7. The van der Waals surface area contributed by atoms with Gasteiger partial charge >= 0.3 is 11.9 Å². The summed E-state index contributed by atoms with van der Waals surface area (Å²) in [6.07, 6.45) is 0. The maximum atomic E-state index is 14.2. The minimum absolute atomic E-state index is 0.0461. The molecular weight excluding hydrogens is 870 g/mol. The zero-order valence-corrected chi connectivity index (χ0v) is 34.9. The molecule has 3 aromatic carbocycles. The number of benzene rings is 3. The number of nitrogens with one attached hydrogen (secondary N) is 2. The summed E-state index contributed by atoms with van der Waals surface area (Å²) in [6, 6.07) is 28.2. The number of anilines is 1. The fourth-order valence-corrected chi connectivity index (χ4v) is 9.78. The summed E-state index contributed by atoms with van der Waals surface area (Å²) in [6.45, 7) is 7.98. The summed E-state index contributed by atoms with van der Waals surface area (Å²) < 4.78 is 19.1. The lowest BCUT2D eigenvalue weighted by molar-refractivity contribution is -0.179. The van der Waals surface area contributed by atoms with Crippen LogP contribution in [0.5, 0.6) is 0 Å². The van der Waals surface area contributed by atoms with Crippen molar-refractivity contribution in [3.63, 3.8) is 0 Å². The third-order valence-electron chi connectivity index (χ3n) is 8.99. The Hall–Kier alpha value is -4.78. The third kappa shape index (κ3) is 8.19. The Morgan fingerprint density at radius 3 is 1.98 bits per heavy atom. The molecule has 1 saturated heterocycles. The van der Waals surface area contributed by atoms with E-state index in [4.69, 9.17) is 14.6 Å². The van der Waals surface area contributed by atoms with Crippen LogP contribution in [0.3, 0.4) is 0 Å². The SMILES string of the molecule is CC(C)(C)OC(=O)C(C)(C)O/N=C(\C(=O)NC1C(=O)N2C(C(=O)O)=C(CI)C[S+]([O-])[C@H]12)c1csc(NC(c2ccccc2)(c2ccccc2)c2ccccc2)n1. The molecule has 16 heteroatoms. The number of fused-ring (bicyclic) bond motifs is 1. The number of carboxylic acid groups (broad SMARTS) is 1. The highest BCUT2D eigenvalue weighted by Crippen LogP contribution is 2.41. The monoisotopic (exact) mass is 909 g/mol. The molecular formula is C40H40IN5O8S2. The van der Waals surface area contributed by atoms with E-state index < -0.39 is 63.1 Å². The largest absolute Gasteiger partial charge is 0.614 e. The molecule has 6 rings (SSSR count). The van der Waals surface area contributed by atoms with Crippen molar-refractivity contribution < 1.29 is 38.4 Å². The van der Waals surface area contributed by atoms with Crippen molar-refractivity contribution in [1.29, 1.82) is 0 Å². The van der Waals surface area contributed by atoms with Gasteiger partial charge in [0.15, 0.2) is 16.9 Å². The molecule has 0 aliphatic carbocycles. The van der Waals surface area contributed by atoms with Gasteiger partial charge in [-0.2, -0.15) is 0 Å². The summed E-state index contributed by atoms with van der Waals surface area (Å²) in [5.41, 5.74) is -0.916. The molecule has 0 saturated carbocycles. The van der Waals surface area contributed by atoms with Crippen LogP contribution in [0.15, 0.2) is 113 Å². The average Bonchev–Trinajstić information content (AvgIpc) is 3.63. The first-order valence-corrected chi connectivity index (χ1v) is 21.3. The summed E-state index contributed by atoms with van der Waals surface area (Å²) in [5, 5.41) is 21.2. The summed E-state index contributed by atoms with van der Waals surface area (Å²) in [4.78, 5) is 64.4. The predicted octanol–water partition coefficient (Wildman–Crippen LogP) is 5.58. The number of hydrogen-bond acceptors (Lipinski definition) is 11. The Morgan fingerprint density at radius 2 is 1.50 bits per heavy atom. The Bertz CT molecular complexity index is 2080. The van der Waals surface area contributed by atoms with Gasteiger partial charge in [0, 0.05) is 15.4 Å². The van der Waals surface area contributed by atoms with Crippen LogP contribution in [0, 0.1) is 0 Å². The van der Waals surface area contributed by atoms with Crippen LogP contribution in [0.1, 0.15) is 57.0 Å². The van der Waals surface area contributed by atoms with Crippen molar-refractivity contribution in [2.24, 2.45) is 5.16 Å².